The van der Waals surface area contributed by atoms with E-state index in [4.69, 9.17) is 33.0 Å². The van der Waals surface area contributed by atoms with Gasteiger partial charge in [-0.25, -0.2) is 19.6 Å². The Morgan fingerprint density at radius 3 is 2.52 bits per heavy atom. The Balaban J connectivity index is 1.24. The summed E-state index contributed by atoms with van der Waals surface area (Å²) < 4.78 is 30.7. The molecule has 0 saturated carbocycles. The lowest BCUT2D eigenvalue weighted by Gasteiger charge is -2.30. The van der Waals surface area contributed by atoms with E-state index in [1.807, 2.05) is 86.8 Å². The van der Waals surface area contributed by atoms with Crippen molar-refractivity contribution < 1.29 is 42.2 Å². The molecule has 3 unspecified atom stereocenters. The summed E-state index contributed by atoms with van der Waals surface area (Å²) in [6, 6.07) is 23.4. The first kappa shape index (κ1) is 39.5. The Hall–Kier alpha value is -7.68. The van der Waals surface area contributed by atoms with Crippen LogP contribution in [0.3, 0.4) is 0 Å². The number of anilines is 1. The third-order valence-electron chi connectivity index (χ3n) is 11.5. The van der Waals surface area contributed by atoms with Gasteiger partial charge in [-0.3, -0.25) is 9.59 Å². The van der Waals surface area contributed by atoms with Gasteiger partial charge in [0.2, 0.25) is 23.6 Å². The highest BCUT2D eigenvalue weighted by Crippen LogP contribution is 2.56. The number of ether oxygens (including phenoxy) is 3. The first-order valence-corrected chi connectivity index (χ1v) is 20.6. The molecule has 15 heteroatoms. The molecule has 3 aliphatic heterocycles. The largest absolute Gasteiger partial charge is 0.514 e. The molecule has 4 N–H and O–H groups in total. The molecule has 3 amide bonds. The molecule has 3 atom stereocenters. The number of amides is 3. The topological polar surface area (TPSA) is 200 Å². The van der Waals surface area contributed by atoms with Crippen molar-refractivity contribution in [2.75, 3.05) is 5.32 Å². The smallest absolute Gasteiger partial charge is 0.445 e. The Kier molecular flexibility index (Phi) is 9.24. The maximum atomic E-state index is 15.6. The zero-order chi connectivity index (χ0) is 43.8. The predicted molar refractivity (Wildman–Crippen MR) is 230 cm³/mol. The van der Waals surface area contributed by atoms with Gasteiger partial charge < -0.3 is 44.0 Å². The molecule has 63 heavy (non-hydrogen) atoms. The molecule has 3 aliphatic rings. The second-order valence-corrected chi connectivity index (χ2v) is 17.2. The molecule has 4 aromatic carbocycles. The number of fused-ring (bicyclic) bond motifs is 8. The van der Waals surface area contributed by atoms with Crippen molar-refractivity contribution in [2.24, 2.45) is 5.92 Å². The highest BCUT2D eigenvalue weighted by Gasteiger charge is 2.57. The van der Waals surface area contributed by atoms with Crippen LogP contribution in [-0.2, 0) is 37.5 Å². The number of hydrogen-bond donors (Lipinski definition) is 4. The number of nitrogens with zero attached hydrogens (tertiary/aromatic N) is 2. The fraction of sp³-hybridized carbons (Fsp3) is 0.250. The van der Waals surface area contributed by atoms with Gasteiger partial charge in [-0.05, 0) is 55.5 Å². The van der Waals surface area contributed by atoms with E-state index in [-0.39, 0.29) is 53.5 Å². The van der Waals surface area contributed by atoms with Crippen molar-refractivity contribution in [3.8, 4) is 39.8 Å². The van der Waals surface area contributed by atoms with E-state index < -0.39 is 47.2 Å². The molecule has 318 valence electrons. The van der Waals surface area contributed by atoms with Gasteiger partial charge in [0.25, 0.3) is 0 Å². The van der Waals surface area contributed by atoms with E-state index in [0.29, 0.717) is 28.1 Å². The van der Waals surface area contributed by atoms with E-state index in [1.54, 1.807) is 39.1 Å². The summed E-state index contributed by atoms with van der Waals surface area (Å²) in [6.45, 7) is 8.86. The average Bonchev–Trinajstić information content (AvgIpc) is 4.05. The summed E-state index contributed by atoms with van der Waals surface area (Å²) in [4.78, 5) is 70.2. The fourth-order valence-corrected chi connectivity index (χ4v) is 8.72. The number of carbonyl (C=O) groups excluding carboxylic acids is 4. The van der Waals surface area contributed by atoms with Crippen molar-refractivity contribution in [2.45, 2.75) is 70.7 Å². The van der Waals surface area contributed by atoms with Crippen molar-refractivity contribution in [1.82, 2.24) is 25.6 Å². The number of carbonyl (C=O) groups is 4. The van der Waals surface area contributed by atoms with Crippen LogP contribution in [0.25, 0.3) is 44.9 Å². The SMILES string of the molecule is CC(C)C1NC(=O)C(NC(=O)OCc2ccccc2)Cc2ccc(OC(=O)OC(C)(C)C)c(c2)C23C(=O)Nc4c(cccc42)-c2cccc4[nH]cc(c24)-c2cnc(o2)-c2nc1oc23. The van der Waals surface area contributed by atoms with Gasteiger partial charge in [0.1, 0.15) is 30.0 Å². The molecule has 6 heterocycles. The molecule has 15 nitrogen and oxygen atoms in total. The van der Waals surface area contributed by atoms with Crippen LogP contribution in [-0.4, -0.2) is 50.7 Å². The molecular formula is C48H42N6O9. The minimum Gasteiger partial charge on any atom is -0.445 e. The molecule has 1 spiro atoms. The molecule has 7 aromatic rings. The van der Waals surface area contributed by atoms with Crippen molar-refractivity contribution in [3.05, 3.63) is 131 Å². The number of aromatic nitrogens is 3. The van der Waals surface area contributed by atoms with Crippen LogP contribution < -0.4 is 20.7 Å². The first-order valence-electron chi connectivity index (χ1n) is 20.6. The number of oxazole rings is 2. The Morgan fingerprint density at radius 1 is 0.937 bits per heavy atom. The van der Waals surface area contributed by atoms with Gasteiger partial charge in [-0.15, -0.1) is 0 Å². The second-order valence-electron chi connectivity index (χ2n) is 17.2. The van der Waals surface area contributed by atoms with Crippen molar-refractivity contribution in [1.29, 1.82) is 0 Å². The average molecular weight is 847 g/mol. The lowest BCUT2D eigenvalue weighted by molar-refractivity contribution is -0.124. The minimum atomic E-state index is -1.94. The number of H-pyrrole nitrogens is 1. The van der Waals surface area contributed by atoms with Gasteiger partial charge in [0, 0.05) is 45.8 Å². The van der Waals surface area contributed by atoms with Crippen LogP contribution in [0.15, 0.2) is 106 Å². The molecular weight excluding hydrogens is 805 g/mol. The van der Waals surface area contributed by atoms with Crippen molar-refractivity contribution in [3.63, 3.8) is 0 Å². The van der Waals surface area contributed by atoms with Gasteiger partial charge in [-0.2, -0.15) is 0 Å². The zero-order valence-corrected chi connectivity index (χ0v) is 35.0. The van der Waals surface area contributed by atoms with Crippen LogP contribution in [0.4, 0.5) is 15.3 Å². The third-order valence-corrected chi connectivity index (χ3v) is 11.5. The van der Waals surface area contributed by atoms with E-state index >= 15 is 4.79 Å². The summed E-state index contributed by atoms with van der Waals surface area (Å²) in [5.41, 5.74) is 2.66. The molecule has 10 bridgehead atoms. The van der Waals surface area contributed by atoms with Crippen LogP contribution in [0.2, 0.25) is 0 Å². The summed E-state index contributed by atoms with van der Waals surface area (Å²) in [5, 5.41) is 9.88. The predicted octanol–water partition coefficient (Wildman–Crippen LogP) is 8.72. The summed E-state index contributed by atoms with van der Waals surface area (Å²) in [5.74, 6) is -0.945. The van der Waals surface area contributed by atoms with Gasteiger partial charge in [0.05, 0.1) is 11.9 Å². The zero-order valence-electron chi connectivity index (χ0n) is 35.0. The lowest BCUT2D eigenvalue weighted by Crippen LogP contribution is -2.49. The van der Waals surface area contributed by atoms with E-state index in [2.05, 4.69) is 20.9 Å². The first-order chi connectivity index (χ1) is 30.3. The standard InChI is InChI=1S/C48H42N6O9/c1-24(2)37-43-53-39-40(62-43)48(30-15-9-14-28(38(30)54-44(48)56)27-13-10-16-32-36(27)29(21-49-32)35-22-50-42(39)60-35)31-19-26(17-18-34(31)61-46(58)63-47(3,4)5)20-33(41(55)52-37)51-45(57)59-23-25-11-7-6-8-12-25/h6-19,21-22,24,33,37,49H,20,23H2,1-5H3,(H,51,57)(H,52,55)(H,54,56). The van der Waals surface area contributed by atoms with E-state index in [9.17, 15) is 14.4 Å². The molecule has 3 aromatic heterocycles. The number of hydrogen-bond acceptors (Lipinski definition) is 11. The summed E-state index contributed by atoms with van der Waals surface area (Å²) in [6.07, 6.45) is 1.53. The molecule has 0 aliphatic carbocycles. The van der Waals surface area contributed by atoms with E-state index in [0.717, 1.165) is 27.6 Å². The Labute approximate surface area is 360 Å². The van der Waals surface area contributed by atoms with Crippen LogP contribution in [0.1, 0.15) is 74.6 Å². The van der Waals surface area contributed by atoms with Crippen LogP contribution in [0.5, 0.6) is 5.75 Å². The number of aromatic amines is 1. The fourth-order valence-electron chi connectivity index (χ4n) is 8.72. The molecule has 0 radical (unpaired) electrons. The molecule has 10 rings (SSSR count). The maximum Gasteiger partial charge on any atom is 0.514 e. The monoisotopic (exact) mass is 846 g/mol. The van der Waals surface area contributed by atoms with Gasteiger partial charge in [0.15, 0.2) is 22.6 Å². The van der Waals surface area contributed by atoms with Crippen LogP contribution >= 0.6 is 0 Å². The maximum absolute atomic E-state index is 15.6. The normalized spacial score (nSPS) is 18.6. The minimum absolute atomic E-state index is 0.0122. The summed E-state index contributed by atoms with van der Waals surface area (Å²) >= 11 is 0. The lowest BCUT2D eigenvalue weighted by atomic mass is 9.71. The Morgan fingerprint density at radius 2 is 1.73 bits per heavy atom. The molecule has 0 saturated heterocycles. The quantitative estimate of drug-likeness (QED) is 0.0954. The van der Waals surface area contributed by atoms with Crippen molar-refractivity contribution >= 4 is 40.7 Å². The highest BCUT2D eigenvalue weighted by molar-refractivity contribution is 6.17. The number of rotatable bonds is 5. The van der Waals surface area contributed by atoms with Gasteiger partial charge >= 0.3 is 12.2 Å². The third kappa shape index (κ3) is 6.67. The number of benzene rings is 4. The number of alkyl carbamates (subject to hydrolysis) is 1. The Bertz CT molecular complexity index is 3000. The van der Waals surface area contributed by atoms with Gasteiger partial charge in [-0.1, -0.05) is 86.6 Å². The van der Waals surface area contributed by atoms with Crippen LogP contribution in [0, 0.1) is 5.92 Å². The van der Waals surface area contributed by atoms with E-state index in [1.165, 1.54) is 6.07 Å². The molecule has 0 fully saturated rings. The second kappa shape index (κ2) is 14.8. The summed E-state index contributed by atoms with van der Waals surface area (Å²) in [7, 11) is 0. The highest BCUT2D eigenvalue weighted by atomic mass is 16.7. The number of nitrogens with one attached hydrogen (secondary N) is 4. The number of para-hydroxylation sites is 1.